The zero-order valence-corrected chi connectivity index (χ0v) is 10.0. The van der Waals surface area contributed by atoms with Gasteiger partial charge in [-0.05, 0) is 37.3 Å². The van der Waals surface area contributed by atoms with Gasteiger partial charge in [-0.15, -0.1) is 5.10 Å². The third-order valence-electron chi connectivity index (χ3n) is 2.67. The highest BCUT2D eigenvalue weighted by Gasteiger charge is 2.10. The second-order valence-electron chi connectivity index (χ2n) is 3.87. The number of halogens is 1. The summed E-state index contributed by atoms with van der Waals surface area (Å²) in [5, 5.41) is 17.5. The van der Waals surface area contributed by atoms with Gasteiger partial charge in [0.15, 0.2) is 5.82 Å². The van der Waals surface area contributed by atoms with Crippen molar-refractivity contribution in [2.45, 2.75) is 13.5 Å². The van der Waals surface area contributed by atoms with E-state index in [1.54, 1.807) is 12.3 Å². The lowest BCUT2D eigenvalue weighted by molar-refractivity contribution is 0.464. The summed E-state index contributed by atoms with van der Waals surface area (Å²) in [7, 11) is 0. The van der Waals surface area contributed by atoms with Gasteiger partial charge in [-0.1, -0.05) is 0 Å². The van der Waals surface area contributed by atoms with Crippen molar-refractivity contribution in [3.05, 3.63) is 47.9 Å². The number of anilines is 1. The molecule has 0 aliphatic rings. The molecule has 5 heteroatoms. The van der Waals surface area contributed by atoms with E-state index in [2.05, 4.69) is 10.2 Å². The fourth-order valence-corrected chi connectivity index (χ4v) is 1.70. The lowest BCUT2D eigenvalue weighted by Gasteiger charge is -2.21. The molecule has 18 heavy (non-hydrogen) atoms. The third-order valence-corrected chi connectivity index (χ3v) is 2.67. The highest BCUT2D eigenvalue weighted by molar-refractivity contribution is 5.41. The molecule has 0 saturated carbocycles. The van der Waals surface area contributed by atoms with E-state index in [4.69, 9.17) is 0 Å². The van der Waals surface area contributed by atoms with Crippen molar-refractivity contribution in [3.63, 3.8) is 0 Å². The molecule has 0 amide bonds. The van der Waals surface area contributed by atoms with Crippen LogP contribution in [0.15, 0.2) is 36.5 Å². The smallest absolute Gasteiger partial charge is 0.151 e. The van der Waals surface area contributed by atoms with E-state index in [-0.39, 0.29) is 11.6 Å². The lowest BCUT2D eigenvalue weighted by atomic mass is 10.2. The Balaban J connectivity index is 2.23. The first-order chi connectivity index (χ1) is 8.70. The van der Waals surface area contributed by atoms with Crippen LogP contribution in [-0.2, 0) is 6.54 Å². The highest BCUT2D eigenvalue weighted by atomic mass is 19.1. The van der Waals surface area contributed by atoms with Gasteiger partial charge >= 0.3 is 0 Å². The van der Waals surface area contributed by atoms with Crippen molar-refractivity contribution in [2.24, 2.45) is 0 Å². The standard InChI is InChI=1S/C13H14FN3O/c1-2-17(13-4-3-7-15-16-13)9-10-8-11(14)5-6-12(10)18/h3-8,18H,2,9H2,1H3. The maximum atomic E-state index is 13.1. The number of aromatic hydroxyl groups is 1. The van der Waals surface area contributed by atoms with Crippen molar-refractivity contribution >= 4 is 5.82 Å². The van der Waals surface area contributed by atoms with Crippen LogP contribution < -0.4 is 4.90 Å². The number of benzene rings is 1. The molecule has 0 saturated heterocycles. The van der Waals surface area contributed by atoms with Gasteiger partial charge in [0.25, 0.3) is 0 Å². The number of hydrogen-bond acceptors (Lipinski definition) is 4. The van der Waals surface area contributed by atoms with Gasteiger partial charge in [0.1, 0.15) is 11.6 Å². The van der Waals surface area contributed by atoms with Crippen LogP contribution >= 0.6 is 0 Å². The van der Waals surface area contributed by atoms with E-state index in [0.717, 1.165) is 0 Å². The summed E-state index contributed by atoms with van der Waals surface area (Å²) in [6.07, 6.45) is 1.59. The molecule has 1 aromatic carbocycles. The molecule has 0 radical (unpaired) electrons. The molecule has 0 atom stereocenters. The predicted octanol–water partition coefficient (Wildman–Crippen LogP) is 2.35. The third kappa shape index (κ3) is 2.74. The van der Waals surface area contributed by atoms with Gasteiger partial charge in [0, 0.05) is 24.8 Å². The summed E-state index contributed by atoms with van der Waals surface area (Å²) in [6.45, 7) is 3.04. The van der Waals surface area contributed by atoms with Crippen molar-refractivity contribution in [1.82, 2.24) is 10.2 Å². The van der Waals surface area contributed by atoms with Crippen molar-refractivity contribution in [3.8, 4) is 5.75 Å². The quantitative estimate of drug-likeness (QED) is 0.901. The normalized spacial score (nSPS) is 10.3. The Morgan fingerprint density at radius 3 is 2.83 bits per heavy atom. The first kappa shape index (κ1) is 12.3. The van der Waals surface area contributed by atoms with Crippen molar-refractivity contribution < 1.29 is 9.50 Å². The number of aromatic nitrogens is 2. The van der Waals surface area contributed by atoms with Gasteiger partial charge in [-0.2, -0.15) is 5.10 Å². The van der Waals surface area contributed by atoms with E-state index in [0.29, 0.717) is 24.5 Å². The SMILES string of the molecule is CCN(Cc1cc(F)ccc1O)c1cccnn1. The number of phenolic OH excluding ortho intramolecular Hbond substituents is 1. The summed E-state index contributed by atoms with van der Waals surface area (Å²) in [6, 6.07) is 7.53. The molecule has 1 aromatic heterocycles. The number of hydrogen-bond donors (Lipinski definition) is 1. The molecule has 0 fully saturated rings. The average molecular weight is 247 g/mol. The zero-order valence-electron chi connectivity index (χ0n) is 10.0. The van der Waals surface area contributed by atoms with E-state index < -0.39 is 0 Å². The first-order valence-corrected chi connectivity index (χ1v) is 5.70. The molecule has 0 aliphatic carbocycles. The van der Waals surface area contributed by atoms with E-state index >= 15 is 0 Å². The molecule has 2 aromatic rings. The maximum absolute atomic E-state index is 13.1. The van der Waals surface area contributed by atoms with Crippen LogP contribution in [-0.4, -0.2) is 21.8 Å². The zero-order chi connectivity index (χ0) is 13.0. The van der Waals surface area contributed by atoms with Crippen molar-refractivity contribution in [1.29, 1.82) is 0 Å². The number of nitrogens with zero attached hydrogens (tertiary/aromatic N) is 3. The first-order valence-electron chi connectivity index (χ1n) is 5.70. The van der Waals surface area contributed by atoms with E-state index in [1.807, 2.05) is 17.9 Å². The van der Waals surface area contributed by atoms with Gasteiger partial charge in [-0.25, -0.2) is 4.39 Å². The Hall–Kier alpha value is -2.17. The van der Waals surface area contributed by atoms with Gasteiger partial charge in [0.05, 0.1) is 0 Å². The number of rotatable bonds is 4. The largest absolute Gasteiger partial charge is 0.508 e. The maximum Gasteiger partial charge on any atom is 0.151 e. The van der Waals surface area contributed by atoms with E-state index in [9.17, 15) is 9.50 Å². The second-order valence-corrected chi connectivity index (χ2v) is 3.87. The molecule has 94 valence electrons. The minimum absolute atomic E-state index is 0.0822. The Morgan fingerprint density at radius 1 is 1.33 bits per heavy atom. The molecule has 1 heterocycles. The highest BCUT2D eigenvalue weighted by Crippen LogP contribution is 2.21. The van der Waals surface area contributed by atoms with Crippen LogP contribution in [0.3, 0.4) is 0 Å². The summed E-state index contributed by atoms with van der Waals surface area (Å²) in [5.74, 6) is 0.417. The molecule has 0 spiro atoms. The number of phenols is 1. The minimum atomic E-state index is -0.363. The van der Waals surface area contributed by atoms with Crippen LogP contribution in [0.25, 0.3) is 0 Å². The Bertz CT molecular complexity index is 519. The molecule has 0 unspecified atom stereocenters. The fraction of sp³-hybridized carbons (Fsp3) is 0.231. The molecule has 0 bridgehead atoms. The summed E-state index contributed by atoms with van der Waals surface area (Å²) >= 11 is 0. The summed E-state index contributed by atoms with van der Waals surface area (Å²) < 4.78 is 13.1. The Kier molecular flexibility index (Phi) is 3.72. The lowest BCUT2D eigenvalue weighted by Crippen LogP contribution is -2.23. The van der Waals surface area contributed by atoms with Crippen molar-refractivity contribution in [2.75, 3.05) is 11.4 Å². The van der Waals surface area contributed by atoms with Crippen LogP contribution in [0.5, 0.6) is 5.75 Å². The van der Waals surface area contributed by atoms with Crippen LogP contribution in [0, 0.1) is 5.82 Å². The Morgan fingerprint density at radius 2 is 2.17 bits per heavy atom. The fourth-order valence-electron chi connectivity index (χ4n) is 1.70. The summed E-state index contributed by atoms with van der Waals surface area (Å²) in [4.78, 5) is 1.90. The second kappa shape index (κ2) is 5.44. The van der Waals surface area contributed by atoms with Crippen LogP contribution in [0.4, 0.5) is 10.2 Å². The molecular formula is C13H14FN3O. The van der Waals surface area contributed by atoms with Gasteiger partial charge in [0.2, 0.25) is 0 Å². The van der Waals surface area contributed by atoms with Gasteiger partial charge in [-0.3, -0.25) is 0 Å². The topological polar surface area (TPSA) is 49.2 Å². The summed E-state index contributed by atoms with van der Waals surface area (Å²) in [5.41, 5.74) is 0.530. The molecule has 0 aliphatic heterocycles. The molecular weight excluding hydrogens is 233 g/mol. The monoisotopic (exact) mass is 247 g/mol. The van der Waals surface area contributed by atoms with Crippen LogP contribution in [0.2, 0.25) is 0 Å². The molecule has 1 N–H and O–H groups in total. The predicted molar refractivity (Wildman–Crippen MR) is 66.8 cm³/mol. The van der Waals surface area contributed by atoms with Gasteiger partial charge < -0.3 is 10.0 Å². The average Bonchev–Trinajstić information content (AvgIpc) is 2.41. The molecule has 4 nitrogen and oxygen atoms in total. The Labute approximate surface area is 105 Å². The molecule has 2 rings (SSSR count). The minimum Gasteiger partial charge on any atom is -0.508 e. The van der Waals surface area contributed by atoms with Crippen LogP contribution in [0.1, 0.15) is 12.5 Å². The van der Waals surface area contributed by atoms with E-state index in [1.165, 1.54) is 18.2 Å².